The molecule has 0 saturated heterocycles. The van der Waals surface area contributed by atoms with Crippen LogP contribution in [0.2, 0.25) is 0 Å². The first kappa shape index (κ1) is 14.2. The van der Waals surface area contributed by atoms with Crippen LogP contribution in [0.15, 0.2) is 23.6 Å². The second-order valence-electron chi connectivity index (χ2n) is 4.09. The van der Waals surface area contributed by atoms with Crippen LogP contribution in [-0.4, -0.2) is 46.0 Å². The van der Waals surface area contributed by atoms with E-state index in [1.54, 1.807) is 24.1 Å². The van der Waals surface area contributed by atoms with Crippen molar-refractivity contribution in [1.29, 1.82) is 0 Å². The molecule has 0 unspecified atom stereocenters. The Morgan fingerprint density at radius 1 is 1.50 bits per heavy atom. The van der Waals surface area contributed by atoms with Gasteiger partial charge in [-0.25, -0.2) is 17.9 Å². The molecule has 0 saturated carbocycles. The van der Waals surface area contributed by atoms with Crippen LogP contribution >= 0.6 is 0 Å². The zero-order valence-electron chi connectivity index (χ0n) is 10.6. The minimum Gasteiger partial charge on any atom is -0.478 e. The van der Waals surface area contributed by atoms with Crippen molar-refractivity contribution in [2.45, 2.75) is 11.4 Å². The summed E-state index contributed by atoms with van der Waals surface area (Å²) in [5.41, 5.74) is 0.483. The number of aryl methyl sites for hydroxylation is 1. The van der Waals surface area contributed by atoms with Gasteiger partial charge in [-0.15, -0.1) is 0 Å². The lowest BCUT2D eigenvalue weighted by atomic mass is 10.3. The van der Waals surface area contributed by atoms with E-state index in [-0.39, 0.29) is 12.1 Å². The monoisotopic (exact) mass is 299 g/mol. The number of carboxylic acid groups (broad SMARTS) is 1. The van der Waals surface area contributed by atoms with Gasteiger partial charge in [0.1, 0.15) is 5.56 Å². The molecule has 0 aliphatic heterocycles. The van der Waals surface area contributed by atoms with Crippen LogP contribution in [0, 0.1) is 0 Å². The van der Waals surface area contributed by atoms with Gasteiger partial charge in [-0.3, -0.25) is 9.78 Å². The van der Waals surface area contributed by atoms with E-state index in [1.807, 2.05) is 0 Å². The SMILES string of the molecule is Cn1cc(CCNS(=O)(=O)c2[nH]ncc2C(=O)O)cn1. The fourth-order valence-electron chi connectivity index (χ4n) is 1.63. The Balaban J connectivity index is 2.04. The van der Waals surface area contributed by atoms with E-state index in [9.17, 15) is 13.2 Å². The first-order valence-electron chi connectivity index (χ1n) is 5.64. The molecule has 0 spiro atoms. The first-order valence-corrected chi connectivity index (χ1v) is 7.12. The van der Waals surface area contributed by atoms with Gasteiger partial charge in [-0.1, -0.05) is 0 Å². The molecule has 2 rings (SSSR count). The van der Waals surface area contributed by atoms with E-state index in [2.05, 4.69) is 20.0 Å². The van der Waals surface area contributed by atoms with Gasteiger partial charge >= 0.3 is 5.97 Å². The molecule has 108 valence electrons. The van der Waals surface area contributed by atoms with Gasteiger partial charge < -0.3 is 5.11 Å². The summed E-state index contributed by atoms with van der Waals surface area (Å²) < 4.78 is 27.8. The summed E-state index contributed by atoms with van der Waals surface area (Å²) in [7, 11) is -2.17. The van der Waals surface area contributed by atoms with E-state index in [0.29, 0.717) is 6.42 Å². The fraction of sp³-hybridized carbons (Fsp3) is 0.300. The number of nitrogens with one attached hydrogen (secondary N) is 2. The minimum atomic E-state index is -3.93. The third-order valence-corrected chi connectivity index (χ3v) is 4.00. The van der Waals surface area contributed by atoms with Gasteiger partial charge in [0.25, 0.3) is 10.0 Å². The lowest BCUT2D eigenvalue weighted by molar-refractivity contribution is 0.0692. The van der Waals surface area contributed by atoms with Crippen LogP contribution in [0.25, 0.3) is 0 Å². The Morgan fingerprint density at radius 2 is 2.25 bits per heavy atom. The van der Waals surface area contributed by atoms with Crippen LogP contribution in [0.3, 0.4) is 0 Å². The number of hydrogen-bond donors (Lipinski definition) is 3. The minimum absolute atomic E-state index is 0.131. The molecule has 0 aromatic carbocycles. The Morgan fingerprint density at radius 3 is 2.85 bits per heavy atom. The van der Waals surface area contributed by atoms with Gasteiger partial charge in [0.05, 0.1) is 12.4 Å². The predicted molar refractivity (Wildman–Crippen MR) is 67.6 cm³/mol. The zero-order chi connectivity index (χ0) is 14.8. The smallest absolute Gasteiger partial charge is 0.340 e. The molecule has 2 heterocycles. The Labute approximate surface area is 114 Å². The molecule has 0 bridgehead atoms. The number of nitrogens with zero attached hydrogens (tertiary/aromatic N) is 3. The highest BCUT2D eigenvalue weighted by Crippen LogP contribution is 2.11. The van der Waals surface area contributed by atoms with Crippen molar-refractivity contribution < 1.29 is 18.3 Å². The topological polar surface area (TPSA) is 130 Å². The summed E-state index contributed by atoms with van der Waals surface area (Å²) in [6.45, 7) is 0.131. The Hall–Kier alpha value is -2.20. The van der Waals surface area contributed by atoms with Crippen molar-refractivity contribution in [2.75, 3.05) is 6.54 Å². The van der Waals surface area contributed by atoms with Gasteiger partial charge in [0.15, 0.2) is 5.03 Å². The highest BCUT2D eigenvalue weighted by molar-refractivity contribution is 7.89. The predicted octanol–water partition coefficient (Wildman–Crippen LogP) is -0.638. The standard InChI is InChI=1S/C10H13N5O4S/c1-15-6-7(4-12-15)2-3-13-20(18,19)9-8(10(16)17)5-11-14-9/h4-6,13H,2-3H2,1H3,(H,11,14)(H,16,17). The van der Waals surface area contributed by atoms with Crippen LogP contribution < -0.4 is 4.72 Å². The molecule has 20 heavy (non-hydrogen) atoms. The van der Waals surface area contributed by atoms with Crippen molar-refractivity contribution in [3.8, 4) is 0 Å². The summed E-state index contributed by atoms with van der Waals surface area (Å²) in [4.78, 5) is 10.9. The average Bonchev–Trinajstić information content (AvgIpc) is 2.97. The van der Waals surface area contributed by atoms with E-state index < -0.39 is 21.0 Å². The summed E-state index contributed by atoms with van der Waals surface area (Å²) in [6.07, 6.45) is 4.81. The van der Waals surface area contributed by atoms with E-state index in [4.69, 9.17) is 5.11 Å². The maximum Gasteiger partial charge on any atom is 0.340 e. The van der Waals surface area contributed by atoms with Crippen molar-refractivity contribution >= 4 is 16.0 Å². The van der Waals surface area contributed by atoms with Crippen LogP contribution in [0.4, 0.5) is 0 Å². The molecule has 10 heteroatoms. The third-order valence-electron chi connectivity index (χ3n) is 2.57. The molecule has 2 aromatic rings. The average molecular weight is 299 g/mol. The third kappa shape index (κ3) is 3.03. The quantitative estimate of drug-likeness (QED) is 0.650. The normalized spacial score (nSPS) is 11.7. The van der Waals surface area contributed by atoms with Crippen molar-refractivity contribution in [3.05, 3.63) is 29.7 Å². The largest absolute Gasteiger partial charge is 0.478 e. The number of carbonyl (C=O) groups is 1. The number of aromatic amines is 1. The van der Waals surface area contributed by atoms with Crippen molar-refractivity contribution in [1.82, 2.24) is 24.7 Å². The molecular weight excluding hydrogens is 286 g/mol. The molecule has 0 amide bonds. The lowest BCUT2D eigenvalue weighted by Crippen LogP contribution is -2.27. The number of aromatic nitrogens is 4. The van der Waals surface area contributed by atoms with Gasteiger partial charge in [-0.2, -0.15) is 10.2 Å². The summed E-state index contributed by atoms with van der Waals surface area (Å²) in [6, 6.07) is 0. The molecule has 2 aromatic heterocycles. The molecule has 0 aliphatic rings. The van der Waals surface area contributed by atoms with Gasteiger partial charge in [0, 0.05) is 19.8 Å². The van der Waals surface area contributed by atoms with E-state index in [1.165, 1.54) is 0 Å². The Bertz CT molecular complexity index is 718. The van der Waals surface area contributed by atoms with Crippen molar-refractivity contribution in [2.24, 2.45) is 7.05 Å². The maximum absolute atomic E-state index is 11.9. The number of aromatic carboxylic acids is 1. The van der Waals surface area contributed by atoms with Crippen LogP contribution in [0.5, 0.6) is 0 Å². The molecule has 0 atom stereocenters. The molecular formula is C10H13N5O4S. The molecule has 9 nitrogen and oxygen atoms in total. The zero-order valence-corrected chi connectivity index (χ0v) is 11.4. The first-order chi connectivity index (χ1) is 9.40. The molecule has 0 aliphatic carbocycles. The molecule has 3 N–H and O–H groups in total. The van der Waals surface area contributed by atoms with E-state index >= 15 is 0 Å². The number of sulfonamides is 1. The summed E-state index contributed by atoms with van der Waals surface area (Å²) in [5, 5.41) is 18.0. The fourth-order valence-corrected chi connectivity index (χ4v) is 2.75. The van der Waals surface area contributed by atoms with Gasteiger partial charge in [-0.05, 0) is 12.0 Å². The summed E-state index contributed by atoms with van der Waals surface area (Å²) >= 11 is 0. The molecule has 0 radical (unpaired) electrons. The van der Waals surface area contributed by atoms with Crippen molar-refractivity contribution in [3.63, 3.8) is 0 Å². The number of rotatable bonds is 6. The highest BCUT2D eigenvalue weighted by Gasteiger charge is 2.24. The number of carboxylic acids is 1. The van der Waals surface area contributed by atoms with E-state index in [0.717, 1.165) is 11.8 Å². The lowest BCUT2D eigenvalue weighted by Gasteiger charge is -2.04. The summed E-state index contributed by atoms with van der Waals surface area (Å²) in [5.74, 6) is -1.36. The Kier molecular flexibility index (Phi) is 3.86. The molecule has 0 fully saturated rings. The second-order valence-corrected chi connectivity index (χ2v) is 5.79. The second kappa shape index (κ2) is 5.43. The highest BCUT2D eigenvalue weighted by atomic mass is 32.2. The maximum atomic E-state index is 11.9. The number of hydrogen-bond acceptors (Lipinski definition) is 5. The number of H-pyrrole nitrogens is 1. The van der Waals surface area contributed by atoms with Crippen LogP contribution in [-0.2, 0) is 23.5 Å². The van der Waals surface area contributed by atoms with Crippen LogP contribution in [0.1, 0.15) is 15.9 Å². The van der Waals surface area contributed by atoms with Gasteiger partial charge in [0.2, 0.25) is 0 Å².